The normalized spacial score (nSPS) is 11.4. The Morgan fingerprint density at radius 2 is 1.40 bits per heavy atom. The molecule has 0 heterocycles. The number of amides is 2. The molecule has 40 heavy (non-hydrogen) atoms. The second-order valence-electron chi connectivity index (χ2n) is 9.39. The summed E-state index contributed by atoms with van der Waals surface area (Å²) in [5.74, 6) is 0.701. The van der Waals surface area contributed by atoms with Crippen molar-refractivity contribution in [3.05, 3.63) is 130 Å². The van der Waals surface area contributed by atoms with Crippen LogP contribution in [0.5, 0.6) is 11.5 Å². The van der Waals surface area contributed by atoms with Crippen LogP contribution in [0.25, 0.3) is 0 Å². The van der Waals surface area contributed by atoms with Gasteiger partial charge in [0.05, 0.1) is 20.6 Å². The maximum absolute atomic E-state index is 14.0. The number of ether oxygens (including phenoxy) is 2. The molecule has 6 nitrogen and oxygen atoms in total. The molecule has 4 rings (SSSR count). The van der Waals surface area contributed by atoms with Crippen LogP contribution in [-0.4, -0.2) is 37.0 Å². The monoisotopic (exact) mass is 556 g/mol. The predicted molar refractivity (Wildman–Crippen MR) is 157 cm³/mol. The number of carbonyl (C=O) groups excluding carboxylic acids is 2. The van der Waals surface area contributed by atoms with Gasteiger partial charge in [-0.2, -0.15) is 0 Å². The van der Waals surface area contributed by atoms with Crippen LogP contribution in [0, 0.1) is 0 Å². The van der Waals surface area contributed by atoms with E-state index >= 15 is 0 Å². The van der Waals surface area contributed by atoms with Gasteiger partial charge in [-0.3, -0.25) is 9.59 Å². The zero-order chi connectivity index (χ0) is 28.3. The molecule has 0 spiro atoms. The van der Waals surface area contributed by atoms with Gasteiger partial charge in [-0.1, -0.05) is 96.5 Å². The highest BCUT2D eigenvalue weighted by atomic mass is 35.5. The molecule has 1 N–H and O–H groups in total. The number of hydrogen-bond acceptors (Lipinski definition) is 4. The van der Waals surface area contributed by atoms with E-state index in [1.165, 1.54) is 0 Å². The fourth-order valence-corrected chi connectivity index (χ4v) is 4.75. The lowest BCUT2D eigenvalue weighted by Gasteiger charge is -2.32. The Bertz CT molecular complexity index is 1410. The first-order valence-electron chi connectivity index (χ1n) is 13.1. The van der Waals surface area contributed by atoms with E-state index in [0.717, 1.165) is 22.3 Å². The van der Waals surface area contributed by atoms with Crippen molar-refractivity contribution in [2.45, 2.75) is 32.0 Å². The lowest BCUT2D eigenvalue weighted by atomic mass is 10.0. The summed E-state index contributed by atoms with van der Waals surface area (Å²) >= 11 is 6.34. The Kier molecular flexibility index (Phi) is 10.2. The van der Waals surface area contributed by atoms with Crippen molar-refractivity contribution in [2.75, 3.05) is 14.2 Å². The SMILES string of the molecule is COc1ccc(CC(=O)N(Cc2ccccc2)[C@H](Cc2ccccc2)C(=O)NCc2ccccc2Cl)cc1OC. The Hall–Kier alpha value is -4.29. The number of hydrogen-bond donors (Lipinski definition) is 1. The van der Waals surface area contributed by atoms with Gasteiger partial charge in [0.1, 0.15) is 6.04 Å². The Morgan fingerprint density at radius 3 is 2.05 bits per heavy atom. The van der Waals surface area contributed by atoms with Gasteiger partial charge in [-0.15, -0.1) is 0 Å². The fourth-order valence-electron chi connectivity index (χ4n) is 4.54. The van der Waals surface area contributed by atoms with Crippen LogP contribution in [-0.2, 0) is 35.5 Å². The van der Waals surface area contributed by atoms with E-state index in [1.807, 2.05) is 84.9 Å². The molecule has 2 amide bonds. The standard InChI is InChI=1S/C33H33ClN2O4/c1-39-30-18-17-26(20-31(30)40-2)21-32(37)36(23-25-13-7-4-8-14-25)29(19-24-11-5-3-6-12-24)33(38)35-22-27-15-9-10-16-28(27)34/h3-18,20,29H,19,21-23H2,1-2H3,(H,35,38)/t29-/m1/s1. The minimum atomic E-state index is -0.752. The lowest BCUT2D eigenvalue weighted by Crippen LogP contribution is -2.50. The Labute approximate surface area is 240 Å². The van der Waals surface area contributed by atoms with Gasteiger partial charge in [0.2, 0.25) is 11.8 Å². The molecule has 0 radical (unpaired) electrons. The van der Waals surface area contributed by atoms with Crippen LogP contribution in [0.3, 0.4) is 0 Å². The van der Waals surface area contributed by atoms with Crippen LogP contribution in [0.1, 0.15) is 22.3 Å². The van der Waals surface area contributed by atoms with Gasteiger partial charge in [0, 0.05) is 24.5 Å². The van der Waals surface area contributed by atoms with Crippen molar-refractivity contribution < 1.29 is 19.1 Å². The molecule has 1 atom stereocenters. The molecule has 0 aliphatic rings. The Morgan fingerprint density at radius 1 is 0.775 bits per heavy atom. The minimum absolute atomic E-state index is 0.0935. The van der Waals surface area contributed by atoms with Crippen molar-refractivity contribution in [1.82, 2.24) is 10.2 Å². The van der Waals surface area contributed by atoms with Gasteiger partial charge in [0.15, 0.2) is 11.5 Å². The number of nitrogens with zero attached hydrogens (tertiary/aromatic N) is 1. The van der Waals surface area contributed by atoms with Gasteiger partial charge >= 0.3 is 0 Å². The van der Waals surface area contributed by atoms with Gasteiger partial charge < -0.3 is 19.7 Å². The Balaban J connectivity index is 1.66. The molecule has 0 aliphatic carbocycles. The van der Waals surface area contributed by atoms with Crippen LogP contribution in [0.4, 0.5) is 0 Å². The van der Waals surface area contributed by atoms with Crippen LogP contribution < -0.4 is 14.8 Å². The molecule has 0 saturated heterocycles. The van der Waals surface area contributed by atoms with Crippen LogP contribution >= 0.6 is 11.6 Å². The van der Waals surface area contributed by atoms with E-state index in [9.17, 15) is 9.59 Å². The summed E-state index contributed by atoms with van der Waals surface area (Å²) in [5, 5.41) is 3.60. The van der Waals surface area contributed by atoms with Crippen molar-refractivity contribution in [1.29, 1.82) is 0 Å². The predicted octanol–water partition coefficient (Wildman–Crippen LogP) is 5.86. The summed E-state index contributed by atoms with van der Waals surface area (Å²) < 4.78 is 10.8. The number of carbonyl (C=O) groups is 2. The molecule has 4 aromatic rings. The molecule has 4 aromatic carbocycles. The van der Waals surface area contributed by atoms with E-state index in [0.29, 0.717) is 22.9 Å². The molecular formula is C33H33ClN2O4. The van der Waals surface area contributed by atoms with Crippen molar-refractivity contribution in [2.24, 2.45) is 0 Å². The highest BCUT2D eigenvalue weighted by Gasteiger charge is 2.30. The summed E-state index contributed by atoms with van der Waals surface area (Å²) in [4.78, 5) is 29.5. The van der Waals surface area contributed by atoms with Crippen molar-refractivity contribution in [3.63, 3.8) is 0 Å². The molecule has 0 unspecified atom stereocenters. The number of nitrogens with one attached hydrogen (secondary N) is 1. The average molecular weight is 557 g/mol. The molecule has 0 bridgehead atoms. The number of rotatable bonds is 12. The van der Waals surface area contributed by atoms with Crippen LogP contribution in [0.2, 0.25) is 5.02 Å². The maximum Gasteiger partial charge on any atom is 0.243 e. The van der Waals surface area contributed by atoms with Gasteiger partial charge in [-0.25, -0.2) is 0 Å². The smallest absolute Gasteiger partial charge is 0.243 e. The molecule has 0 aromatic heterocycles. The lowest BCUT2D eigenvalue weighted by molar-refractivity contribution is -0.140. The zero-order valence-corrected chi connectivity index (χ0v) is 23.4. The molecule has 0 fully saturated rings. The molecule has 0 saturated carbocycles. The summed E-state index contributed by atoms with van der Waals surface area (Å²) in [6.45, 7) is 0.539. The largest absolute Gasteiger partial charge is 0.493 e. The first-order chi connectivity index (χ1) is 19.5. The number of benzene rings is 4. The highest BCUT2D eigenvalue weighted by molar-refractivity contribution is 6.31. The first kappa shape index (κ1) is 28.7. The summed E-state index contributed by atoms with van der Waals surface area (Å²) in [7, 11) is 3.13. The highest BCUT2D eigenvalue weighted by Crippen LogP contribution is 2.28. The quantitative estimate of drug-likeness (QED) is 0.237. The summed E-state index contributed by atoms with van der Waals surface area (Å²) in [5.41, 5.74) is 3.45. The van der Waals surface area contributed by atoms with E-state index in [4.69, 9.17) is 21.1 Å². The second-order valence-corrected chi connectivity index (χ2v) is 9.80. The van der Waals surface area contributed by atoms with Gasteiger partial charge in [-0.05, 0) is 40.5 Å². The van der Waals surface area contributed by atoms with E-state index in [-0.39, 0.29) is 31.3 Å². The number of methoxy groups -OCH3 is 2. The average Bonchev–Trinajstić information content (AvgIpc) is 2.99. The van der Waals surface area contributed by atoms with E-state index in [2.05, 4.69) is 5.32 Å². The van der Waals surface area contributed by atoms with Crippen LogP contribution in [0.15, 0.2) is 103 Å². The fraction of sp³-hybridized carbons (Fsp3) is 0.212. The summed E-state index contributed by atoms with van der Waals surface area (Å²) in [6.07, 6.45) is 0.454. The third-order valence-corrected chi connectivity index (χ3v) is 7.05. The minimum Gasteiger partial charge on any atom is -0.493 e. The molecule has 7 heteroatoms. The molecular weight excluding hydrogens is 524 g/mol. The molecule has 206 valence electrons. The third kappa shape index (κ3) is 7.64. The second kappa shape index (κ2) is 14.2. The summed E-state index contributed by atoms with van der Waals surface area (Å²) in [6, 6.07) is 31.5. The topological polar surface area (TPSA) is 67.9 Å². The number of halogens is 1. The van der Waals surface area contributed by atoms with E-state index in [1.54, 1.807) is 37.3 Å². The first-order valence-corrected chi connectivity index (χ1v) is 13.5. The van der Waals surface area contributed by atoms with Crippen molar-refractivity contribution in [3.8, 4) is 11.5 Å². The van der Waals surface area contributed by atoms with Crippen molar-refractivity contribution >= 4 is 23.4 Å². The van der Waals surface area contributed by atoms with E-state index < -0.39 is 6.04 Å². The third-order valence-electron chi connectivity index (χ3n) is 6.68. The maximum atomic E-state index is 14.0. The van der Waals surface area contributed by atoms with Gasteiger partial charge in [0.25, 0.3) is 0 Å². The molecule has 0 aliphatic heterocycles. The zero-order valence-electron chi connectivity index (χ0n) is 22.7.